The smallest absolute Gasteiger partial charge is 0.254 e. The summed E-state index contributed by atoms with van der Waals surface area (Å²) in [5, 5.41) is 3.34. The Bertz CT molecular complexity index is 1010. The molecule has 2 unspecified atom stereocenters. The van der Waals surface area contributed by atoms with Gasteiger partial charge in [-0.3, -0.25) is 9.59 Å². The van der Waals surface area contributed by atoms with Crippen LogP contribution in [0.3, 0.4) is 0 Å². The maximum absolute atomic E-state index is 13.9. The topological polar surface area (TPSA) is 61.9 Å². The summed E-state index contributed by atoms with van der Waals surface area (Å²) < 4.78 is 5.47. The summed E-state index contributed by atoms with van der Waals surface area (Å²) >= 11 is 0. The van der Waals surface area contributed by atoms with Crippen molar-refractivity contribution in [3.63, 3.8) is 0 Å². The van der Waals surface area contributed by atoms with E-state index in [1.165, 1.54) is 0 Å². The SMILES string of the molecule is COc1cccc(C2C(C(=O)NC3CCN(C)CC3)c3ccccc3C(=O)N2C2CC2)c1. The van der Waals surface area contributed by atoms with E-state index in [0.717, 1.165) is 55.6 Å². The second kappa shape index (κ2) is 8.58. The van der Waals surface area contributed by atoms with E-state index in [0.29, 0.717) is 5.56 Å². The summed E-state index contributed by atoms with van der Waals surface area (Å²) in [6.07, 6.45) is 3.87. The van der Waals surface area contributed by atoms with Crippen molar-refractivity contribution in [1.82, 2.24) is 15.1 Å². The lowest BCUT2D eigenvalue weighted by Crippen LogP contribution is -2.51. The van der Waals surface area contributed by atoms with Crippen molar-refractivity contribution in [2.45, 2.75) is 49.7 Å². The van der Waals surface area contributed by atoms with Gasteiger partial charge < -0.3 is 19.9 Å². The summed E-state index contributed by atoms with van der Waals surface area (Å²) in [5.41, 5.74) is 2.43. The molecule has 0 bridgehead atoms. The Hall–Kier alpha value is -2.86. The predicted octanol–water partition coefficient (Wildman–Crippen LogP) is 3.35. The first kappa shape index (κ1) is 21.0. The van der Waals surface area contributed by atoms with Crippen LogP contribution in [0.25, 0.3) is 0 Å². The molecule has 0 aromatic heterocycles. The monoisotopic (exact) mass is 433 g/mol. The molecule has 0 radical (unpaired) electrons. The van der Waals surface area contributed by atoms with Gasteiger partial charge in [0.05, 0.1) is 19.1 Å². The van der Waals surface area contributed by atoms with E-state index in [9.17, 15) is 9.59 Å². The van der Waals surface area contributed by atoms with Crippen LogP contribution in [0.15, 0.2) is 48.5 Å². The highest BCUT2D eigenvalue weighted by Gasteiger charge is 2.49. The largest absolute Gasteiger partial charge is 0.497 e. The van der Waals surface area contributed by atoms with Crippen molar-refractivity contribution in [3.05, 3.63) is 65.2 Å². The van der Waals surface area contributed by atoms with Crippen molar-refractivity contribution >= 4 is 11.8 Å². The van der Waals surface area contributed by atoms with Gasteiger partial charge in [0.2, 0.25) is 5.91 Å². The Kier molecular flexibility index (Phi) is 5.64. The lowest BCUT2D eigenvalue weighted by Gasteiger charge is -2.43. The molecule has 2 amide bonds. The average Bonchev–Trinajstić information content (AvgIpc) is 3.65. The van der Waals surface area contributed by atoms with Gasteiger partial charge in [-0.05, 0) is 75.1 Å². The van der Waals surface area contributed by atoms with E-state index in [1.807, 2.05) is 53.4 Å². The third kappa shape index (κ3) is 3.88. The number of amides is 2. The van der Waals surface area contributed by atoms with Gasteiger partial charge in [-0.15, -0.1) is 0 Å². The zero-order chi connectivity index (χ0) is 22.2. The van der Waals surface area contributed by atoms with Gasteiger partial charge in [-0.1, -0.05) is 30.3 Å². The van der Waals surface area contributed by atoms with Crippen molar-refractivity contribution in [2.75, 3.05) is 27.2 Å². The van der Waals surface area contributed by atoms with Crippen LogP contribution in [0.5, 0.6) is 5.75 Å². The van der Waals surface area contributed by atoms with Crippen LogP contribution in [-0.4, -0.2) is 60.9 Å². The maximum Gasteiger partial charge on any atom is 0.254 e. The second-order valence-corrected chi connectivity index (χ2v) is 9.32. The van der Waals surface area contributed by atoms with E-state index in [4.69, 9.17) is 4.74 Å². The number of rotatable bonds is 5. The van der Waals surface area contributed by atoms with Gasteiger partial charge in [0, 0.05) is 17.6 Å². The lowest BCUT2D eigenvalue weighted by molar-refractivity contribution is -0.125. The lowest BCUT2D eigenvalue weighted by atomic mass is 9.78. The van der Waals surface area contributed by atoms with E-state index in [-0.39, 0.29) is 29.9 Å². The molecule has 0 spiro atoms. The molecule has 2 aromatic carbocycles. The molecule has 2 fully saturated rings. The normalized spacial score (nSPS) is 24.2. The zero-order valence-corrected chi connectivity index (χ0v) is 18.8. The van der Waals surface area contributed by atoms with Gasteiger partial charge >= 0.3 is 0 Å². The van der Waals surface area contributed by atoms with Crippen LogP contribution in [-0.2, 0) is 4.79 Å². The molecule has 1 saturated heterocycles. The minimum absolute atomic E-state index is 0.0120. The number of hydrogen-bond donors (Lipinski definition) is 1. The van der Waals surface area contributed by atoms with Crippen LogP contribution in [0.2, 0.25) is 0 Å². The summed E-state index contributed by atoms with van der Waals surface area (Å²) in [4.78, 5) is 31.7. The minimum Gasteiger partial charge on any atom is -0.497 e. The summed E-state index contributed by atoms with van der Waals surface area (Å²) in [6, 6.07) is 15.5. The number of benzene rings is 2. The molecule has 2 aromatic rings. The number of ether oxygens (including phenoxy) is 1. The van der Waals surface area contributed by atoms with Gasteiger partial charge in [0.1, 0.15) is 5.75 Å². The van der Waals surface area contributed by atoms with Gasteiger partial charge in [-0.25, -0.2) is 0 Å². The molecule has 1 saturated carbocycles. The molecule has 32 heavy (non-hydrogen) atoms. The Labute approximate surface area is 189 Å². The molecule has 5 rings (SSSR count). The zero-order valence-electron chi connectivity index (χ0n) is 18.8. The fraction of sp³-hybridized carbons (Fsp3) is 0.462. The first-order chi connectivity index (χ1) is 15.6. The summed E-state index contributed by atoms with van der Waals surface area (Å²) in [7, 11) is 3.76. The second-order valence-electron chi connectivity index (χ2n) is 9.32. The minimum atomic E-state index is -0.448. The van der Waals surface area contributed by atoms with Gasteiger partial charge in [-0.2, -0.15) is 0 Å². The molecule has 6 heteroatoms. The third-order valence-electron chi connectivity index (χ3n) is 7.10. The standard InChI is InChI=1S/C26H31N3O3/c1-28-14-12-18(13-15-28)27-25(30)23-21-8-3-4-9-22(21)26(31)29(19-10-11-19)24(23)17-6-5-7-20(16-17)32-2/h3-9,16,18-19,23-24H,10-15H2,1-2H3,(H,27,30). The number of piperidine rings is 1. The number of nitrogens with one attached hydrogen (secondary N) is 1. The number of fused-ring (bicyclic) bond motifs is 1. The molecular formula is C26H31N3O3. The Morgan fingerprint density at radius 3 is 2.50 bits per heavy atom. The van der Waals surface area contributed by atoms with Gasteiger partial charge in [0.25, 0.3) is 5.91 Å². The predicted molar refractivity (Wildman–Crippen MR) is 123 cm³/mol. The van der Waals surface area contributed by atoms with E-state index >= 15 is 0 Å². The molecule has 2 heterocycles. The highest BCUT2D eigenvalue weighted by molar-refractivity contribution is 6.01. The number of hydrogen-bond acceptors (Lipinski definition) is 4. The molecule has 2 aliphatic heterocycles. The van der Waals surface area contributed by atoms with Crippen molar-refractivity contribution < 1.29 is 14.3 Å². The van der Waals surface area contributed by atoms with E-state index in [1.54, 1.807) is 7.11 Å². The fourth-order valence-corrected chi connectivity index (χ4v) is 5.21. The van der Waals surface area contributed by atoms with E-state index in [2.05, 4.69) is 17.3 Å². The van der Waals surface area contributed by atoms with Crippen molar-refractivity contribution in [2.24, 2.45) is 0 Å². The summed E-state index contributed by atoms with van der Waals surface area (Å²) in [6.45, 7) is 1.97. The van der Waals surface area contributed by atoms with Gasteiger partial charge in [0.15, 0.2) is 0 Å². The number of carbonyl (C=O) groups excluding carboxylic acids is 2. The molecule has 1 aliphatic carbocycles. The maximum atomic E-state index is 13.9. The Morgan fingerprint density at radius 2 is 1.78 bits per heavy atom. The van der Waals surface area contributed by atoms with Crippen LogP contribution in [0.4, 0.5) is 0 Å². The summed E-state index contributed by atoms with van der Waals surface area (Å²) in [5.74, 6) is 0.326. The van der Waals surface area contributed by atoms with Crippen molar-refractivity contribution in [3.8, 4) is 5.75 Å². The number of carbonyl (C=O) groups is 2. The van der Waals surface area contributed by atoms with Crippen LogP contribution < -0.4 is 10.1 Å². The van der Waals surface area contributed by atoms with Crippen LogP contribution >= 0.6 is 0 Å². The fourth-order valence-electron chi connectivity index (χ4n) is 5.21. The molecule has 3 aliphatic rings. The number of nitrogens with zero attached hydrogens (tertiary/aromatic N) is 2. The average molecular weight is 434 g/mol. The van der Waals surface area contributed by atoms with Crippen molar-refractivity contribution in [1.29, 1.82) is 0 Å². The quantitative estimate of drug-likeness (QED) is 0.786. The molecule has 6 nitrogen and oxygen atoms in total. The highest BCUT2D eigenvalue weighted by atomic mass is 16.5. The Morgan fingerprint density at radius 1 is 1.03 bits per heavy atom. The first-order valence-electron chi connectivity index (χ1n) is 11.6. The van der Waals surface area contributed by atoms with Crippen LogP contribution in [0, 0.1) is 0 Å². The molecular weight excluding hydrogens is 402 g/mol. The highest BCUT2D eigenvalue weighted by Crippen LogP contribution is 2.48. The molecule has 168 valence electrons. The number of likely N-dealkylation sites (tertiary alicyclic amines) is 1. The molecule has 1 N–H and O–H groups in total. The molecule has 2 atom stereocenters. The first-order valence-corrected chi connectivity index (χ1v) is 11.6. The van der Waals surface area contributed by atoms with Crippen LogP contribution in [0.1, 0.15) is 59.1 Å². The Balaban J connectivity index is 1.56. The number of methoxy groups -OCH3 is 1. The third-order valence-corrected chi connectivity index (χ3v) is 7.10. The van der Waals surface area contributed by atoms with E-state index < -0.39 is 5.92 Å².